The van der Waals surface area contributed by atoms with Crippen LogP contribution in [0.5, 0.6) is 5.75 Å². The Balaban J connectivity index is 1.63. The number of hydrogen-bond acceptors (Lipinski definition) is 6. The highest BCUT2D eigenvalue weighted by Gasteiger charge is 2.52. The van der Waals surface area contributed by atoms with Crippen LogP contribution in [-0.4, -0.2) is 83.3 Å². The van der Waals surface area contributed by atoms with Crippen molar-refractivity contribution in [2.24, 2.45) is 5.92 Å². The van der Waals surface area contributed by atoms with Crippen molar-refractivity contribution in [1.82, 2.24) is 25.8 Å². The number of ether oxygens (including phenoxy) is 1. The van der Waals surface area contributed by atoms with Crippen molar-refractivity contribution in [3.05, 3.63) is 29.6 Å². The minimum Gasteiger partial charge on any atom is -0.493 e. The van der Waals surface area contributed by atoms with E-state index in [-0.39, 0.29) is 41.6 Å². The Bertz CT molecular complexity index is 1170. The van der Waals surface area contributed by atoms with E-state index in [2.05, 4.69) is 16.0 Å². The highest BCUT2D eigenvalue weighted by atomic mass is 19.1. The predicted molar refractivity (Wildman–Crippen MR) is 151 cm³/mol. The third kappa shape index (κ3) is 6.34. The van der Waals surface area contributed by atoms with Crippen molar-refractivity contribution in [3.63, 3.8) is 0 Å². The van der Waals surface area contributed by atoms with Gasteiger partial charge in [-0.05, 0) is 59.1 Å². The average Bonchev–Trinajstić information content (AvgIpc) is 3.33. The molecule has 4 rings (SSSR count). The van der Waals surface area contributed by atoms with Gasteiger partial charge in [-0.2, -0.15) is 0 Å². The van der Waals surface area contributed by atoms with Crippen LogP contribution in [0.4, 0.5) is 4.39 Å². The van der Waals surface area contributed by atoms with Crippen molar-refractivity contribution in [2.45, 2.75) is 102 Å². The molecule has 0 saturated carbocycles. The molecule has 0 aromatic heterocycles. The van der Waals surface area contributed by atoms with Crippen molar-refractivity contribution in [1.29, 1.82) is 0 Å². The Morgan fingerprint density at radius 3 is 2.51 bits per heavy atom. The van der Waals surface area contributed by atoms with Gasteiger partial charge in [-0.15, -0.1) is 0 Å². The summed E-state index contributed by atoms with van der Waals surface area (Å²) in [6.07, 6.45) is 2.47. The Morgan fingerprint density at radius 1 is 1.10 bits per heavy atom. The van der Waals surface area contributed by atoms with Gasteiger partial charge in [0.05, 0.1) is 24.2 Å². The number of rotatable bonds is 7. The third-order valence-corrected chi connectivity index (χ3v) is 8.72. The molecular weight excluding hydrogens is 529 g/mol. The minimum atomic E-state index is -1.05. The summed E-state index contributed by atoms with van der Waals surface area (Å²) in [6, 6.07) is 1.31. The van der Waals surface area contributed by atoms with E-state index in [4.69, 9.17) is 4.74 Å². The van der Waals surface area contributed by atoms with E-state index in [1.54, 1.807) is 29.8 Å². The van der Waals surface area contributed by atoms with Crippen LogP contribution in [-0.2, 0) is 19.2 Å². The molecule has 2 fully saturated rings. The lowest BCUT2D eigenvalue weighted by molar-refractivity contribution is -0.154. The van der Waals surface area contributed by atoms with Gasteiger partial charge >= 0.3 is 0 Å². The fourth-order valence-electron chi connectivity index (χ4n) is 6.25. The molecule has 3 aliphatic rings. The van der Waals surface area contributed by atoms with Crippen LogP contribution < -0.4 is 20.7 Å². The molecule has 1 unspecified atom stereocenters. The summed E-state index contributed by atoms with van der Waals surface area (Å²) in [7, 11) is 1.66. The molecule has 3 N–H and O–H groups in total. The first-order chi connectivity index (χ1) is 19.3. The first-order valence-electron chi connectivity index (χ1n) is 14.7. The molecule has 2 saturated heterocycles. The zero-order valence-corrected chi connectivity index (χ0v) is 25.0. The van der Waals surface area contributed by atoms with E-state index in [0.29, 0.717) is 56.6 Å². The molecule has 0 radical (unpaired) electrons. The highest BCUT2D eigenvalue weighted by molar-refractivity contribution is 5.95. The molecule has 4 amide bonds. The molecule has 41 heavy (non-hydrogen) atoms. The van der Waals surface area contributed by atoms with Gasteiger partial charge in [0.15, 0.2) is 0 Å². The molecule has 1 aromatic rings. The molecule has 0 spiro atoms. The Kier molecular flexibility index (Phi) is 9.25. The van der Waals surface area contributed by atoms with Crippen LogP contribution in [0.15, 0.2) is 18.2 Å². The van der Waals surface area contributed by atoms with Crippen LogP contribution in [0.25, 0.3) is 0 Å². The molecule has 226 valence electrons. The fraction of sp³-hybridized carbons (Fsp3) is 0.667. The quantitative estimate of drug-likeness (QED) is 0.461. The van der Waals surface area contributed by atoms with Gasteiger partial charge in [-0.3, -0.25) is 19.2 Å². The van der Waals surface area contributed by atoms with Gasteiger partial charge in [0.25, 0.3) is 0 Å². The molecule has 11 heteroatoms. The average molecular weight is 574 g/mol. The second kappa shape index (κ2) is 12.3. The van der Waals surface area contributed by atoms with E-state index in [9.17, 15) is 23.6 Å². The topological polar surface area (TPSA) is 120 Å². The Morgan fingerprint density at radius 2 is 1.83 bits per heavy atom. The maximum atomic E-state index is 14.4. The van der Waals surface area contributed by atoms with E-state index in [0.717, 1.165) is 0 Å². The normalized spacial score (nSPS) is 26.3. The molecule has 0 bridgehead atoms. The Labute approximate surface area is 241 Å². The maximum Gasteiger partial charge on any atom is 0.248 e. The number of carbonyl (C=O) groups excluding carboxylic acids is 4. The monoisotopic (exact) mass is 573 g/mol. The number of hydrogen-bond donors (Lipinski definition) is 3. The minimum absolute atomic E-state index is 0.0610. The lowest BCUT2D eigenvalue weighted by Crippen LogP contribution is -2.70. The summed E-state index contributed by atoms with van der Waals surface area (Å²) in [6.45, 7) is 10.0. The number of carbonyl (C=O) groups is 4. The Hall–Kier alpha value is -3.21. The van der Waals surface area contributed by atoms with Crippen molar-refractivity contribution in [3.8, 4) is 5.75 Å². The van der Waals surface area contributed by atoms with E-state index in [1.165, 1.54) is 12.1 Å². The van der Waals surface area contributed by atoms with Crippen LogP contribution in [0.1, 0.15) is 78.3 Å². The van der Waals surface area contributed by atoms with Gasteiger partial charge in [0.1, 0.15) is 23.7 Å². The SMILES string of the molecule is CN[C@@H](C)C(=O)N[C@@H]1C(=O)N2[C@H](CC[C@H]2C(=O)NC2CCOc3cc(F)ccc32)CCN(C(=O)CC(C)C)C1(C)C. The van der Waals surface area contributed by atoms with Crippen LogP contribution in [0, 0.1) is 11.7 Å². The summed E-state index contributed by atoms with van der Waals surface area (Å²) >= 11 is 0. The highest BCUT2D eigenvalue weighted by Crippen LogP contribution is 2.36. The van der Waals surface area contributed by atoms with Gasteiger partial charge in [-0.25, -0.2) is 4.39 Å². The summed E-state index contributed by atoms with van der Waals surface area (Å²) in [4.78, 5) is 58.0. The lowest BCUT2D eigenvalue weighted by atomic mass is 9.87. The van der Waals surface area contributed by atoms with E-state index >= 15 is 0 Å². The molecule has 3 aliphatic heterocycles. The number of likely N-dealkylation sites (N-methyl/N-ethyl adjacent to an activating group) is 1. The van der Waals surface area contributed by atoms with Gasteiger partial charge < -0.3 is 30.5 Å². The van der Waals surface area contributed by atoms with Gasteiger partial charge in [0.2, 0.25) is 23.6 Å². The number of nitrogens with zero attached hydrogens (tertiary/aromatic N) is 2. The van der Waals surface area contributed by atoms with Crippen molar-refractivity contribution in [2.75, 3.05) is 20.2 Å². The zero-order valence-electron chi connectivity index (χ0n) is 25.0. The van der Waals surface area contributed by atoms with Crippen LogP contribution in [0.3, 0.4) is 0 Å². The summed E-state index contributed by atoms with van der Waals surface area (Å²) in [5, 5.41) is 8.90. The largest absolute Gasteiger partial charge is 0.493 e. The number of nitrogens with one attached hydrogen (secondary N) is 3. The van der Waals surface area contributed by atoms with Gasteiger partial charge in [0, 0.05) is 37.1 Å². The van der Waals surface area contributed by atoms with Crippen LogP contribution >= 0.6 is 0 Å². The maximum absolute atomic E-state index is 14.4. The second-order valence-corrected chi connectivity index (χ2v) is 12.4. The summed E-state index contributed by atoms with van der Waals surface area (Å²) < 4.78 is 19.4. The molecule has 0 aliphatic carbocycles. The molecule has 3 heterocycles. The predicted octanol–water partition coefficient (Wildman–Crippen LogP) is 2.27. The number of fused-ring (bicyclic) bond motifs is 2. The number of benzene rings is 1. The van der Waals surface area contributed by atoms with Crippen molar-refractivity contribution >= 4 is 23.6 Å². The zero-order chi connectivity index (χ0) is 30.1. The third-order valence-electron chi connectivity index (χ3n) is 8.72. The molecule has 1 aromatic carbocycles. The second-order valence-electron chi connectivity index (χ2n) is 12.4. The molecule has 10 nitrogen and oxygen atoms in total. The number of halogens is 1. The lowest BCUT2D eigenvalue weighted by Gasteiger charge is -2.49. The fourth-order valence-corrected chi connectivity index (χ4v) is 6.25. The number of amides is 4. The summed E-state index contributed by atoms with van der Waals surface area (Å²) in [5.41, 5.74) is -0.337. The van der Waals surface area contributed by atoms with E-state index in [1.807, 2.05) is 27.7 Å². The van der Waals surface area contributed by atoms with Crippen molar-refractivity contribution < 1.29 is 28.3 Å². The molecule has 5 atom stereocenters. The first-order valence-corrected chi connectivity index (χ1v) is 14.7. The standard InChI is InChI=1S/C30H44FN5O5/c1-17(2)15-25(37)35-13-11-20-8-10-23(28(39)33-22-12-14-41-24-16-19(31)7-9-21(22)24)36(20)29(40)26(30(35,4)5)34-27(38)18(3)32-6/h7,9,16-18,20,22-23,26,32H,8,10-15H2,1-6H3,(H,33,39)(H,34,38)/t18-,20+,22?,23-,26+/m0/s1. The first kappa shape index (κ1) is 30.7. The smallest absolute Gasteiger partial charge is 0.248 e. The van der Waals surface area contributed by atoms with Gasteiger partial charge in [-0.1, -0.05) is 19.9 Å². The summed E-state index contributed by atoms with van der Waals surface area (Å²) in [5.74, 6) is -0.951. The van der Waals surface area contributed by atoms with E-state index < -0.39 is 29.5 Å². The molecular formula is C30H44FN5O5. The van der Waals surface area contributed by atoms with Crippen LogP contribution in [0.2, 0.25) is 0 Å².